The van der Waals surface area contributed by atoms with Crippen molar-refractivity contribution >= 4 is 5.97 Å². The number of hydrogen-bond donors (Lipinski definition) is 1. The first-order valence-electron chi connectivity index (χ1n) is 6.19. The smallest absolute Gasteiger partial charge is 0.323 e. The van der Waals surface area contributed by atoms with Crippen molar-refractivity contribution in [2.24, 2.45) is 5.92 Å². The maximum Gasteiger partial charge on any atom is 0.323 e. The zero-order valence-electron chi connectivity index (χ0n) is 9.50. The molecule has 1 atom stereocenters. The van der Waals surface area contributed by atoms with E-state index in [-0.39, 0.29) is 18.1 Å². The van der Waals surface area contributed by atoms with Gasteiger partial charge in [0, 0.05) is 0 Å². The molecule has 1 aliphatic carbocycles. The van der Waals surface area contributed by atoms with Gasteiger partial charge in [0.25, 0.3) is 0 Å². The van der Waals surface area contributed by atoms with Gasteiger partial charge in [-0.1, -0.05) is 6.92 Å². The van der Waals surface area contributed by atoms with Gasteiger partial charge in [-0.05, 0) is 51.0 Å². The van der Waals surface area contributed by atoms with Crippen molar-refractivity contribution in [1.29, 1.82) is 0 Å². The summed E-state index contributed by atoms with van der Waals surface area (Å²) in [6.45, 7) is 3.23. The molecule has 1 saturated carbocycles. The van der Waals surface area contributed by atoms with Crippen LogP contribution >= 0.6 is 0 Å². The van der Waals surface area contributed by atoms with E-state index >= 15 is 0 Å². The van der Waals surface area contributed by atoms with E-state index < -0.39 is 0 Å². The van der Waals surface area contributed by atoms with Crippen LogP contribution in [0.3, 0.4) is 0 Å². The van der Waals surface area contributed by atoms with Crippen molar-refractivity contribution in [3.63, 3.8) is 0 Å². The topological polar surface area (TPSA) is 38.3 Å². The first kappa shape index (κ1) is 10.9. The fourth-order valence-corrected chi connectivity index (χ4v) is 2.48. The molecule has 2 rings (SSSR count). The van der Waals surface area contributed by atoms with Crippen LogP contribution in [0.25, 0.3) is 0 Å². The highest BCUT2D eigenvalue weighted by atomic mass is 16.5. The van der Waals surface area contributed by atoms with Gasteiger partial charge >= 0.3 is 5.97 Å². The molecule has 15 heavy (non-hydrogen) atoms. The Kier molecular flexibility index (Phi) is 3.62. The molecular formula is C12H21NO2. The van der Waals surface area contributed by atoms with E-state index in [0.717, 1.165) is 38.1 Å². The highest BCUT2D eigenvalue weighted by molar-refractivity contribution is 5.76. The minimum atomic E-state index is -0.0238. The van der Waals surface area contributed by atoms with E-state index in [9.17, 15) is 4.79 Å². The maximum atomic E-state index is 11.7. The second-order valence-electron chi connectivity index (χ2n) is 4.97. The van der Waals surface area contributed by atoms with Gasteiger partial charge in [0.2, 0.25) is 0 Å². The van der Waals surface area contributed by atoms with E-state index in [0.29, 0.717) is 0 Å². The van der Waals surface area contributed by atoms with E-state index in [1.807, 2.05) is 0 Å². The molecule has 1 saturated heterocycles. The second-order valence-corrected chi connectivity index (χ2v) is 4.97. The number of carbonyl (C=O) groups excluding carboxylic acids is 1. The lowest BCUT2D eigenvalue weighted by atomic mass is 9.89. The minimum Gasteiger partial charge on any atom is -0.461 e. The number of rotatable bonds is 2. The summed E-state index contributed by atoms with van der Waals surface area (Å²) < 4.78 is 5.52. The Morgan fingerprint density at radius 1 is 1.20 bits per heavy atom. The number of esters is 1. The van der Waals surface area contributed by atoms with Crippen molar-refractivity contribution < 1.29 is 9.53 Å². The molecule has 1 unspecified atom stereocenters. The molecule has 1 N–H and O–H groups in total. The monoisotopic (exact) mass is 211 g/mol. The van der Waals surface area contributed by atoms with Crippen LogP contribution in [0.5, 0.6) is 0 Å². The van der Waals surface area contributed by atoms with Crippen LogP contribution in [-0.2, 0) is 9.53 Å². The Hall–Kier alpha value is -0.570. The summed E-state index contributed by atoms with van der Waals surface area (Å²) in [5, 5.41) is 3.18. The van der Waals surface area contributed by atoms with Gasteiger partial charge in [0.05, 0.1) is 0 Å². The second kappa shape index (κ2) is 4.97. The number of ether oxygens (including phenoxy) is 1. The third-order valence-electron chi connectivity index (χ3n) is 3.59. The van der Waals surface area contributed by atoms with Gasteiger partial charge in [-0.15, -0.1) is 0 Å². The van der Waals surface area contributed by atoms with Crippen LogP contribution in [0.4, 0.5) is 0 Å². The molecule has 3 nitrogen and oxygen atoms in total. The molecule has 0 bridgehead atoms. The third kappa shape index (κ3) is 2.94. The fraction of sp³-hybridized carbons (Fsp3) is 0.917. The summed E-state index contributed by atoms with van der Waals surface area (Å²) in [6, 6.07) is -0.0238. The number of hydrogen-bond acceptors (Lipinski definition) is 3. The minimum absolute atomic E-state index is 0.0212. The number of nitrogens with one attached hydrogen (secondary N) is 1. The lowest BCUT2D eigenvalue weighted by molar-refractivity contribution is -0.153. The highest BCUT2D eigenvalue weighted by Crippen LogP contribution is 2.26. The Morgan fingerprint density at radius 3 is 2.53 bits per heavy atom. The lowest BCUT2D eigenvalue weighted by Crippen LogP contribution is -2.36. The summed E-state index contributed by atoms with van der Waals surface area (Å²) in [7, 11) is 0. The van der Waals surface area contributed by atoms with Crippen LogP contribution in [0, 0.1) is 5.92 Å². The van der Waals surface area contributed by atoms with Crippen molar-refractivity contribution in [3.8, 4) is 0 Å². The van der Waals surface area contributed by atoms with E-state index in [1.54, 1.807) is 0 Å². The van der Waals surface area contributed by atoms with Crippen molar-refractivity contribution in [1.82, 2.24) is 5.32 Å². The van der Waals surface area contributed by atoms with Crippen molar-refractivity contribution in [3.05, 3.63) is 0 Å². The fourth-order valence-electron chi connectivity index (χ4n) is 2.48. The standard InChI is InChI=1S/C12H21NO2/c1-9-4-6-10(7-5-9)15-12(14)11-3-2-8-13-11/h9-11,13H,2-8H2,1H3. The summed E-state index contributed by atoms with van der Waals surface area (Å²) in [5.74, 6) is 0.789. The molecular weight excluding hydrogens is 190 g/mol. The molecule has 0 aromatic heterocycles. The van der Waals surface area contributed by atoms with Crippen LogP contribution in [-0.4, -0.2) is 24.7 Å². The number of carbonyl (C=O) groups is 1. The predicted octanol–water partition coefficient (Wildman–Crippen LogP) is 1.86. The average Bonchev–Trinajstić information content (AvgIpc) is 2.74. The third-order valence-corrected chi connectivity index (χ3v) is 3.59. The van der Waals surface area contributed by atoms with Crippen LogP contribution in [0.2, 0.25) is 0 Å². The van der Waals surface area contributed by atoms with Gasteiger partial charge in [0.1, 0.15) is 12.1 Å². The molecule has 86 valence electrons. The quantitative estimate of drug-likeness (QED) is 0.708. The summed E-state index contributed by atoms with van der Waals surface area (Å²) in [6.07, 6.45) is 6.76. The summed E-state index contributed by atoms with van der Waals surface area (Å²) in [5.41, 5.74) is 0. The molecule has 2 aliphatic rings. The maximum absolute atomic E-state index is 11.7. The molecule has 0 amide bonds. The molecule has 3 heteroatoms. The van der Waals surface area contributed by atoms with E-state index in [1.165, 1.54) is 12.8 Å². The van der Waals surface area contributed by atoms with Crippen LogP contribution < -0.4 is 5.32 Å². The Labute approximate surface area is 91.6 Å². The van der Waals surface area contributed by atoms with E-state index in [2.05, 4.69) is 12.2 Å². The van der Waals surface area contributed by atoms with Gasteiger partial charge in [-0.2, -0.15) is 0 Å². The van der Waals surface area contributed by atoms with Crippen LogP contribution in [0.1, 0.15) is 45.4 Å². The Bertz CT molecular complexity index is 216. The molecule has 0 radical (unpaired) electrons. The van der Waals surface area contributed by atoms with Gasteiger partial charge in [-0.25, -0.2) is 0 Å². The predicted molar refractivity (Wildman–Crippen MR) is 58.5 cm³/mol. The zero-order chi connectivity index (χ0) is 10.7. The van der Waals surface area contributed by atoms with Gasteiger partial charge < -0.3 is 10.1 Å². The Balaban J connectivity index is 1.74. The molecule has 2 fully saturated rings. The SMILES string of the molecule is CC1CCC(OC(=O)C2CCCN2)CC1. The van der Waals surface area contributed by atoms with Crippen molar-refractivity contribution in [2.75, 3.05) is 6.54 Å². The average molecular weight is 211 g/mol. The van der Waals surface area contributed by atoms with Crippen molar-refractivity contribution in [2.45, 2.75) is 57.6 Å². The van der Waals surface area contributed by atoms with Crippen LogP contribution in [0.15, 0.2) is 0 Å². The first-order valence-corrected chi connectivity index (χ1v) is 6.19. The molecule has 0 aromatic rings. The molecule has 0 spiro atoms. The Morgan fingerprint density at radius 2 is 1.93 bits per heavy atom. The molecule has 1 heterocycles. The summed E-state index contributed by atoms with van der Waals surface area (Å²) in [4.78, 5) is 11.7. The molecule has 0 aromatic carbocycles. The first-order chi connectivity index (χ1) is 7.25. The largest absolute Gasteiger partial charge is 0.461 e. The molecule has 1 aliphatic heterocycles. The highest BCUT2D eigenvalue weighted by Gasteiger charge is 2.27. The summed E-state index contributed by atoms with van der Waals surface area (Å²) >= 11 is 0. The zero-order valence-corrected chi connectivity index (χ0v) is 9.50. The lowest BCUT2D eigenvalue weighted by Gasteiger charge is -2.26. The van der Waals surface area contributed by atoms with Gasteiger partial charge in [0.15, 0.2) is 0 Å². The van der Waals surface area contributed by atoms with Gasteiger partial charge in [-0.3, -0.25) is 4.79 Å². The normalized spacial score (nSPS) is 36.5. The van der Waals surface area contributed by atoms with E-state index in [4.69, 9.17) is 4.74 Å².